The molecule has 2 heteroatoms. The third kappa shape index (κ3) is 4.19. The van der Waals surface area contributed by atoms with Gasteiger partial charge in [0.2, 0.25) is 0 Å². The third-order valence-corrected chi connectivity index (χ3v) is 9.97. The van der Waals surface area contributed by atoms with Crippen LogP contribution in [0.5, 0.6) is 0 Å². The quantitative estimate of drug-likeness (QED) is 0.196. The number of rotatable bonds is 4. The number of furan rings is 1. The van der Waals surface area contributed by atoms with Crippen LogP contribution in [-0.4, -0.2) is 0 Å². The van der Waals surface area contributed by atoms with E-state index in [4.69, 9.17) is 4.42 Å². The van der Waals surface area contributed by atoms with Gasteiger partial charge in [0.25, 0.3) is 0 Å². The Hall–Kier alpha value is -6.12. The van der Waals surface area contributed by atoms with Crippen LogP contribution < -0.4 is 4.90 Å². The second-order valence-corrected chi connectivity index (χ2v) is 13.2. The van der Waals surface area contributed by atoms with Gasteiger partial charge in [0.1, 0.15) is 11.2 Å². The lowest BCUT2D eigenvalue weighted by Crippen LogP contribution is -2.10. The number of para-hydroxylation sites is 1. The van der Waals surface area contributed by atoms with Gasteiger partial charge >= 0.3 is 0 Å². The first kappa shape index (κ1) is 27.0. The molecule has 0 spiro atoms. The lowest BCUT2D eigenvalue weighted by molar-refractivity contribution is 0.669. The molecule has 0 fully saturated rings. The molecule has 0 saturated carbocycles. The van der Waals surface area contributed by atoms with Crippen molar-refractivity contribution >= 4 is 60.5 Å². The first-order chi connectivity index (χ1) is 23.6. The maximum absolute atomic E-state index is 6.34. The predicted octanol–water partition coefficient (Wildman–Crippen LogP) is 13.3. The van der Waals surface area contributed by atoms with Crippen molar-refractivity contribution in [3.63, 3.8) is 0 Å². The number of fused-ring (bicyclic) bond motifs is 9. The molecule has 1 aliphatic carbocycles. The van der Waals surface area contributed by atoms with Crippen molar-refractivity contribution in [1.29, 1.82) is 0 Å². The smallest absolute Gasteiger partial charge is 0.137 e. The zero-order valence-electron chi connectivity index (χ0n) is 26.8. The lowest BCUT2D eigenvalue weighted by Gasteiger charge is -2.28. The van der Waals surface area contributed by atoms with Crippen molar-refractivity contribution in [3.8, 4) is 33.4 Å². The minimum Gasteiger partial charge on any atom is -0.456 e. The molecule has 2 nitrogen and oxygen atoms in total. The number of anilines is 3. The number of benzene rings is 8. The van der Waals surface area contributed by atoms with Crippen molar-refractivity contribution in [3.05, 3.63) is 163 Å². The van der Waals surface area contributed by atoms with Crippen molar-refractivity contribution in [2.45, 2.75) is 13.8 Å². The minimum atomic E-state index is 0.893. The maximum atomic E-state index is 6.34. The molecule has 0 unspecified atom stereocenters. The van der Waals surface area contributed by atoms with E-state index < -0.39 is 0 Å². The van der Waals surface area contributed by atoms with Gasteiger partial charge < -0.3 is 9.32 Å². The summed E-state index contributed by atoms with van der Waals surface area (Å²) in [5.41, 5.74) is 15.4. The van der Waals surface area contributed by atoms with Crippen molar-refractivity contribution in [1.82, 2.24) is 0 Å². The highest BCUT2D eigenvalue weighted by Gasteiger charge is 2.24. The molecule has 0 saturated heterocycles. The third-order valence-electron chi connectivity index (χ3n) is 9.97. The number of aryl methyl sites for hydroxylation is 2. The van der Waals surface area contributed by atoms with Crippen molar-refractivity contribution in [2.75, 3.05) is 4.90 Å². The summed E-state index contributed by atoms with van der Waals surface area (Å²) >= 11 is 0. The molecule has 1 heterocycles. The van der Waals surface area contributed by atoms with E-state index in [0.717, 1.165) is 39.0 Å². The topological polar surface area (TPSA) is 16.4 Å². The molecule has 1 aliphatic rings. The highest BCUT2D eigenvalue weighted by atomic mass is 16.3. The molecular formula is C46H31NO. The van der Waals surface area contributed by atoms with Crippen LogP contribution in [-0.2, 0) is 0 Å². The Morgan fingerprint density at radius 3 is 1.71 bits per heavy atom. The molecule has 0 N–H and O–H groups in total. The standard InChI is InChI=1S/C46H31NO/c1-28-18-29(2)20-38(19-28)47(37-16-17-40-39-10-6-7-11-45(39)48-46(40)27-37)36-15-14-33-24-42-43-25-34-21-31(30-8-4-3-5-9-30)12-13-32(34)23-41(43)44(42)26-35(33)22-36/h3-27H,1-2H3. The molecule has 226 valence electrons. The summed E-state index contributed by atoms with van der Waals surface area (Å²) in [4.78, 5) is 2.36. The van der Waals surface area contributed by atoms with Gasteiger partial charge in [0, 0.05) is 33.9 Å². The molecule has 0 atom stereocenters. The van der Waals surface area contributed by atoms with E-state index in [1.807, 2.05) is 12.1 Å². The van der Waals surface area contributed by atoms with Gasteiger partial charge in [-0.15, -0.1) is 0 Å². The second-order valence-electron chi connectivity index (χ2n) is 13.2. The second kappa shape index (κ2) is 10.2. The van der Waals surface area contributed by atoms with Crippen LogP contribution in [0, 0.1) is 13.8 Å². The van der Waals surface area contributed by atoms with Crippen molar-refractivity contribution < 1.29 is 4.42 Å². The average Bonchev–Trinajstić information content (AvgIpc) is 3.48. The van der Waals surface area contributed by atoms with E-state index >= 15 is 0 Å². The molecule has 9 aromatic rings. The lowest BCUT2D eigenvalue weighted by atomic mass is 9.77. The molecule has 48 heavy (non-hydrogen) atoms. The summed E-state index contributed by atoms with van der Waals surface area (Å²) in [7, 11) is 0. The number of hydrogen-bond donors (Lipinski definition) is 0. The summed E-state index contributed by atoms with van der Waals surface area (Å²) in [6.07, 6.45) is 0. The molecule has 0 radical (unpaired) electrons. The molecule has 8 aromatic carbocycles. The summed E-state index contributed by atoms with van der Waals surface area (Å²) in [6, 6.07) is 55.4. The maximum Gasteiger partial charge on any atom is 0.137 e. The molecule has 1 aromatic heterocycles. The average molecular weight is 614 g/mol. The zero-order chi connectivity index (χ0) is 31.9. The summed E-state index contributed by atoms with van der Waals surface area (Å²) in [5, 5.41) is 7.31. The Bertz CT molecular complexity index is 2730. The fraction of sp³-hybridized carbons (Fsp3) is 0.0435. The van der Waals surface area contributed by atoms with Crippen LogP contribution >= 0.6 is 0 Å². The molecule has 0 bridgehead atoms. The van der Waals surface area contributed by atoms with E-state index in [2.05, 4.69) is 158 Å². The molecule has 0 amide bonds. The Kier molecular flexibility index (Phi) is 5.74. The van der Waals surface area contributed by atoms with Crippen molar-refractivity contribution in [2.24, 2.45) is 0 Å². The molecule has 10 rings (SSSR count). The van der Waals surface area contributed by atoms with Gasteiger partial charge in [0.05, 0.1) is 0 Å². The van der Waals surface area contributed by atoms with Gasteiger partial charge in [-0.3, -0.25) is 0 Å². The van der Waals surface area contributed by atoms with E-state index in [9.17, 15) is 0 Å². The summed E-state index contributed by atoms with van der Waals surface area (Å²) in [5.74, 6) is 0. The Balaban J connectivity index is 1.09. The van der Waals surface area contributed by atoms with E-state index in [0.29, 0.717) is 0 Å². The van der Waals surface area contributed by atoms with Crippen LogP contribution in [0.1, 0.15) is 11.1 Å². The normalized spacial score (nSPS) is 12.0. The largest absolute Gasteiger partial charge is 0.456 e. The number of hydrogen-bond acceptors (Lipinski definition) is 2. The molecular weight excluding hydrogens is 583 g/mol. The van der Waals surface area contributed by atoms with Gasteiger partial charge in [-0.25, -0.2) is 0 Å². The Morgan fingerprint density at radius 1 is 0.375 bits per heavy atom. The Morgan fingerprint density at radius 2 is 0.958 bits per heavy atom. The van der Waals surface area contributed by atoms with Crippen LogP contribution in [0.4, 0.5) is 17.1 Å². The first-order valence-corrected chi connectivity index (χ1v) is 16.6. The summed E-state index contributed by atoms with van der Waals surface area (Å²) < 4.78 is 6.34. The SMILES string of the molecule is Cc1cc(C)cc(N(c2ccc3cc4c(cc3c2)-c2cc3ccc(-c5ccccc5)cc3cc2-4)c2ccc3c(c2)oc2ccccc23)c1. The van der Waals surface area contributed by atoms with E-state index in [-0.39, 0.29) is 0 Å². The number of nitrogens with zero attached hydrogens (tertiary/aromatic N) is 1. The highest BCUT2D eigenvalue weighted by Crippen LogP contribution is 2.51. The van der Waals surface area contributed by atoms with Crippen LogP contribution in [0.25, 0.3) is 76.9 Å². The van der Waals surface area contributed by atoms with Gasteiger partial charge in [-0.2, -0.15) is 0 Å². The van der Waals surface area contributed by atoms with Crippen LogP contribution in [0.3, 0.4) is 0 Å². The highest BCUT2D eigenvalue weighted by molar-refractivity contribution is 6.12. The monoisotopic (exact) mass is 613 g/mol. The summed E-state index contributed by atoms with van der Waals surface area (Å²) in [6.45, 7) is 4.34. The van der Waals surface area contributed by atoms with Gasteiger partial charge in [0.15, 0.2) is 0 Å². The van der Waals surface area contributed by atoms with E-state index in [1.54, 1.807) is 0 Å². The fourth-order valence-electron chi connectivity index (χ4n) is 7.74. The molecule has 0 aliphatic heterocycles. The Labute approximate surface area is 279 Å². The zero-order valence-corrected chi connectivity index (χ0v) is 26.8. The van der Waals surface area contributed by atoms with E-state index in [1.165, 1.54) is 66.1 Å². The predicted molar refractivity (Wildman–Crippen MR) is 203 cm³/mol. The minimum absolute atomic E-state index is 0.893. The van der Waals surface area contributed by atoms with Gasteiger partial charge in [-0.1, -0.05) is 72.8 Å². The first-order valence-electron chi connectivity index (χ1n) is 16.6. The van der Waals surface area contributed by atoms with Gasteiger partial charge in [-0.05, 0) is 153 Å². The fourth-order valence-corrected chi connectivity index (χ4v) is 7.74. The van der Waals surface area contributed by atoms with Crippen LogP contribution in [0.2, 0.25) is 0 Å². The van der Waals surface area contributed by atoms with Crippen LogP contribution in [0.15, 0.2) is 156 Å².